The van der Waals surface area contributed by atoms with Gasteiger partial charge in [0, 0.05) is 6.04 Å². The van der Waals surface area contributed by atoms with Gasteiger partial charge < -0.3 is 5.32 Å². The summed E-state index contributed by atoms with van der Waals surface area (Å²) in [5.41, 5.74) is 0. The van der Waals surface area contributed by atoms with Gasteiger partial charge in [-0.1, -0.05) is 39.5 Å². The summed E-state index contributed by atoms with van der Waals surface area (Å²) >= 11 is 0. The number of nitrogens with one attached hydrogen (secondary N) is 1. The predicted molar refractivity (Wildman–Crippen MR) is 75.2 cm³/mol. The highest BCUT2D eigenvalue weighted by Crippen LogP contribution is 2.28. The molecular formula is C16H31N. The lowest BCUT2D eigenvalue weighted by Gasteiger charge is -2.28. The van der Waals surface area contributed by atoms with Gasteiger partial charge in [0.15, 0.2) is 0 Å². The first kappa shape index (κ1) is 13.4. The van der Waals surface area contributed by atoms with E-state index in [1.54, 1.807) is 0 Å². The molecule has 0 bridgehead atoms. The summed E-state index contributed by atoms with van der Waals surface area (Å²) in [4.78, 5) is 0. The highest BCUT2D eigenvalue weighted by molar-refractivity contribution is 4.77. The molecule has 0 amide bonds. The molecule has 2 aliphatic carbocycles. The van der Waals surface area contributed by atoms with Crippen molar-refractivity contribution >= 4 is 0 Å². The third kappa shape index (κ3) is 4.62. The molecule has 17 heavy (non-hydrogen) atoms. The Hall–Kier alpha value is -0.0400. The summed E-state index contributed by atoms with van der Waals surface area (Å²) in [6.07, 6.45) is 13.1. The van der Waals surface area contributed by atoms with E-state index in [0.29, 0.717) is 0 Å². The maximum absolute atomic E-state index is 3.87. The standard InChI is InChI=1S/C16H31N/c1-13-4-3-5-16(11-8-13)17-12-15-9-6-14(2)7-10-15/h13-17H,3-12H2,1-2H3. The second-order valence-electron chi connectivity index (χ2n) is 6.84. The van der Waals surface area contributed by atoms with Crippen LogP contribution < -0.4 is 5.32 Å². The third-order valence-corrected chi connectivity index (χ3v) is 5.09. The first-order chi connectivity index (χ1) is 8.24. The van der Waals surface area contributed by atoms with Crippen molar-refractivity contribution in [2.45, 2.75) is 77.7 Å². The summed E-state index contributed by atoms with van der Waals surface area (Å²) < 4.78 is 0. The molecule has 0 aromatic heterocycles. The van der Waals surface area contributed by atoms with Crippen LogP contribution in [0.4, 0.5) is 0 Å². The Bertz CT molecular complexity index is 206. The fraction of sp³-hybridized carbons (Fsp3) is 1.00. The highest BCUT2D eigenvalue weighted by atomic mass is 14.9. The van der Waals surface area contributed by atoms with Crippen molar-refractivity contribution in [2.24, 2.45) is 17.8 Å². The van der Waals surface area contributed by atoms with E-state index in [1.165, 1.54) is 64.3 Å². The SMILES string of the molecule is CC1CCC(CNC2CCCC(C)CC2)CC1. The van der Waals surface area contributed by atoms with E-state index in [0.717, 1.165) is 23.8 Å². The van der Waals surface area contributed by atoms with Gasteiger partial charge in [0.2, 0.25) is 0 Å². The van der Waals surface area contributed by atoms with Crippen LogP contribution in [0.25, 0.3) is 0 Å². The van der Waals surface area contributed by atoms with E-state index < -0.39 is 0 Å². The van der Waals surface area contributed by atoms with Gasteiger partial charge in [0.05, 0.1) is 0 Å². The number of hydrogen-bond acceptors (Lipinski definition) is 1. The zero-order valence-electron chi connectivity index (χ0n) is 11.9. The van der Waals surface area contributed by atoms with Crippen molar-refractivity contribution < 1.29 is 0 Å². The Kier molecular flexibility index (Phi) is 5.34. The minimum atomic E-state index is 0.833. The predicted octanol–water partition coefficient (Wildman–Crippen LogP) is 4.37. The Balaban J connectivity index is 1.64. The lowest BCUT2D eigenvalue weighted by atomic mass is 9.83. The van der Waals surface area contributed by atoms with Crippen molar-refractivity contribution in [2.75, 3.05) is 6.54 Å². The molecule has 2 unspecified atom stereocenters. The van der Waals surface area contributed by atoms with E-state index in [4.69, 9.17) is 0 Å². The van der Waals surface area contributed by atoms with E-state index in [2.05, 4.69) is 19.2 Å². The van der Waals surface area contributed by atoms with Crippen molar-refractivity contribution in [1.29, 1.82) is 0 Å². The van der Waals surface area contributed by atoms with Gasteiger partial charge in [-0.15, -0.1) is 0 Å². The molecule has 1 heteroatoms. The van der Waals surface area contributed by atoms with Crippen molar-refractivity contribution in [3.8, 4) is 0 Å². The van der Waals surface area contributed by atoms with Crippen LogP contribution >= 0.6 is 0 Å². The summed E-state index contributed by atoms with van der Waals surface area (Å²) in [6, 6.07) is 0.833. The van der Waals surface area contributed by atoms with Crippen LogP contribution in [-0.2, 0) is 0 Å². The van der Waals surface area contributed by atoms with Gasteiger partial charge in [-0.2, -0.15) is 0 Å². The second-order valence-corrected chi connectivity index (χ2v) is 6.84. The van der Waals surface area contributed by atoms with Gasteiger partial charge in [-0.05, 0) is 56.4 Å². The summed E-state index contributed by atoms with van der Waals surface area (Å²) in [6.45, 7) is 6.13. The van der Waals surface area contributed by atoms with Crippen molar-refractivity contribution in [3.05, 3.63) is 0 Å². The molecule has 2 rings (SSSR count). The average molecular weight is 237 g/mol. The molecule has 2 saturated carbocycles. The Morgan fingerprint density at radius 1 is 0.765 bits per heavy atom. The van der Waals surface area contributed by atoms with Gasteiger partial charge in [0.1, 0.15) is 0 Å². The highest BCUT2D eigenvalue weighted by Gasteiger charge is 2.20. The second kappa shape index (κ2) is 6.78. The van der Waals surface area contributed by atoms with Crippen LogP contribution in [0, 0.1) is 17.8 Å². The molecule has 2 aliphatic rings. The van der Waals surface area contributed by atoms with Crippen LogP contribution in [0.2, 0.25) is 0 Å². The third-order valence-electron chi connectivity index (χ3n) is 5.09. The average Bonchev–Trinajstić information content (AvgIpc) is 2.54. The lowest BCUT2D eigenvalue weighted by molar-refractivity contribution is 0.270. The Morgan fingerprint density at radius 3 is 2.18 bits per heavy atom. The zero-order chi connectivity index (χ0) is 12.1. The molecule has 100 valence electrons. The quantitative estimate of drug-likeness (QED) is 0.719. The normalized spacial score (nSPS) is 39.9. The maximum atomic E-state index is 3.87. The summed E-state index contributed by atoms with van der Waals surface area (Å²) in [5.74, 6) is 2.94. The van der Waals surface area contributed by atoms with E-state index in [9.17, 15) is 0 Å². The summed E-state index contributed by atoms with van der Waals surface area (Å²) in [5, 5.41) is 3.87. The van der Waals surface area contributed by atoms with Crippen LogP contribution in [0.3, 0.4) is 0 Å². The lowest BCUT2D eigenvalue weighted by Crippen LogP contribution is -2.34. The van der Waals surface area contributed by atoms with Gasteiger partial charge in [0.25, 0.3) is 0 Å². The molecule has 0 aromatic carbocycles. The Labute approximate surface area is 108 Å². The van der Waals surface area contributed by atoms with E-state index in [1.807, 2.05) is 0 Å². The number of rotatable bonds is 3. The van der Waals surface area contributed by atoms with Crippen LogP contribution in [0.1, 0.15) is 71.6 Å². The minimum absolute atomic E-state index is 0.833. The number of hydrogen-bond donors (Lipinski definition) is 1. The fourth-order valence-electron chi connectivity index (χ4n) is 3.56. The molecule has 1 nitrogen and oxygen atoms in total. The molecular weight excluding hydrogens is 206 g/mol. The molecule has 2 fully saturated rings. The first-order valence-electron chi connectivity index (χ1n) is 7.97. The molecule has 0 saturated heterocycles. The molecule has 0 heterocycles. The smallest absolute Gasteiger partial charge is 0.00672 e. The molecule has 0 radical (unpaired) electrons. The van der Waals surface area contributed by atoms with Crippen LogP contribution in [0.5, 0.6) is 0 Å². The van der Waals surface area contributed by atoms with Crippen molar-refractivity contribution in [1.82, 2.24) is 5.32 Å². The maximum Gasteiger partial charge on any atom is 0.00672 e. The zero-order valence-corrected chi connectivity index (χ0v) is 11.9. The van der Waals surface area contributed by atoms with Gasteiger partial charge >= 0.3 is 0 Å². The molecule has 0 aromatic rings. The Morgan fingerprint density at radius 2 is 1.41 bits per heavy atom. The van der Waals surface area contributed by atoms with Crippen LogP contribution in [-0.4, -0.2) is 12.6 Å². The topological polar surface area (TPSA) is 12.0 Å². The first-order valence-corrected chi connectivity index (χ1v) is 7.97. The molecule has 2 atom stereocenters. The molecule has 0 aliphatic heterocycles. The largest absolute Gasteiger partial charge is 0.314 e. The summed E-state index contributed by atoms with van der Waals surface area (Å²) in [7, 11) is 0. The molecule has 1 N–H and O–H groups in total. The molecule has 0 spiro atoms. The van der Waals surface area contributed by atoms with E-state index in [-0.39, 0.29) is 0 Å². The van der Waals surface area contributed by atoms with Crippen LogP contribution in [0.15, 0.2) is 0 Å². The van der Waals surface area contributed by atoms with Crippen molar-refractivity contribution in [3.63, 3.8) is 0 Å². The fourth-order valence-corrected chi connectivity index (χ4v) is 3.56. The van der Waals surface area contributed by atoms with Gasteiger partial charge in [-0.3, -0.25) is 0 Å². The van der Waals surface area contributed by atoms with E-state index >= 15 is 0 Å². The monoisotopic (exact) mass is 237 g/mol. The minimum Gasteiger partial charge on any atom is -0.314 e. The van der Waals surface area contributed by atoms with Gasteiger partial charge in [-0.25, -0.2) is 0 Å².